The molecule has 0 N–H and O–H groups in total. The summed E-state index contributed by atoms with van der Waals surface area (Å²) in [7, 11) is 1.31. The van der Waals surface area contributed by atoms with Crippen LogP contribution in [0, 0.1) is 0 Å². The number of ether oxygens (including phenoxy) is 4. The highest BCUT2D eigenvalue weighted by Gasteiger charge is 2.09. The molecule has 0 amide bonds. The molecule has 0 bridgehead atoms. The number of esters is 3. The fourth-order valence-corrected chi connectivity index (χ4v) is 2.77. The molecule has 0 aromatic heterocycles. The Kier molecular flexibility index (Phi) is 11.1. The SMILES string of the molecule is C=C(C)C(=O)OCCCCCCOc1ccc(C(=O)Oc2ccc(C=CC(=O)OC)cc2)cc1. The van der Waals surface area contributed by atoms with E-state index in [2.05, 4.69) is 11.3 Å². The van der Waals surface area contributed by atoms with Gasteiger partial charge in [0.25, 0.3) is 0 Å². The van der Waals surface area contributed by atoms with Crippen LogP contribution in [-0.4, -0.2) is 38.2 Å². The zero-order chi connectivity index (χ0) is 24.8. The fraction of sp³-hybridized carbons (Fsp3) is 0.296. The van der Waals surface area contributed by atoms with E-state index in [-0.39, 0.29) is 5.97 Å². The standard InChI is InChI=1S/C27H30O7/c1-20(2)26(29)33-19-7-5-4-6-18-32-23-15-11-22(12-16-23)27(30)34-24-13-8-21(9-14-24)10-17-25(28)31-3/h8-17H,1,4-7,18-19H2,2-3H3. The first-order chi connectivity index (χ1) is 16.4. The van der Waals surface area contributed by atoms with Gasteiger partial charge in [-0.05, 0) is 80.6 Å². The summed E-state index contributed by atoms with van der Waals surface area (Å²) in [6.45, 7) is 6.13. The van der Waals surface area contributed by atoms with Gasteiger partial charge in [0, 0.05) is 11.6 Å². The van der Waals surface area contributed by atoms with E-state index >= 15 is 0 Å². The number of unbranched alkanes of at least 4 members (excludes halogenated alkanes) is 3. The molecule has 7 heteroatoms. The highest BCUT2D eigenvalue weighted by atomic mass is 16.5. The molecule has 2 rings (SSSR count). The highest BCUT2D eigenvalue weighted by molar-refractivity contribution is 5.91. The first-order valence-corrected chi connectivity index (χ1v) is 11.0. The summed E-state index contributed by atoms with van der Waals surface area (Å²) in [6.07, 6.45) is 6.52. The monoisotopic (exact) mass is 466 g/mol. The Bertz CT molecular complexity index is 989. The van der Waals surface area contributed by atoms with Crippen LogP contribution in [0.5, 0.6) is 11.5 Å². The lowest BCUT2D eigenvalue weighted by molar-refractivity contribution is -0.139. The fourth-order valence-electron chi connectivity index (χ4n) is 2.77. The Morgan fingerprint density at radius 3 is 2.09 bits per heavy atom. The lowest BCUT2D eigenvalue weighted by Gasteiger charge is -2.08. The van der Waals surface area contributed by atoms with Crippen LogP contribution in [0.3, 0.4) is 0 Å². The third kappa shape index (κ3) is 9.73. The van der Waals surface area contributed by atoms with Gasteiger partial charge in [0.05, 0.1) is 25.9 Å². The molecule has 0 aliphatic carbocycles. The van der Waals surface area contributed by atoms with E-state index in [0.717, 1.165) is 31.2 Å². The Morgan fingerprint density at radius 1 is 0.853 bits per heavy atom. The van der Waals surface area contributed by atoms with Gasteiger partial charge in [0.1, 0.15) is 11.5 Å². The molecule has 2 aromatic rings. The van der Waals surface area contributed by atoms with Crippen molar-refractivity contribution in [1.82, 2.24) is 0 Å². The lowest BCUT2D eigenvalue weighted by Crippen LogP contribution is -2.08. The highest BCUT2D eigenvalue weighted by Crippen LogP contribution is 2.17. The quantitative estimate of drug-likeness (QED) is 0.175. The van der Waals surface area contributed by atoms with Crippen LogP contribution in [0.4, 0.5) is 0 Å². The minimum atomic E-state index is -0.475. The number of rotatable bonds is 13. The molecule has 180 valence electrons. The van der Waals surface area contributed by atoms with Crippen molar-refractivity contribution in [2.24, 2.45) is 0 Å². The van der Waals surface area contributed by atoms with Crippen molar-refractivity contribution in [3.63, 3.8) is 0 Å². The Morgan fingerprint density at radius 2 is 1.47 bits per heavy atom. The van der Waals surface area contributed by atoms with Gasteiger partial charge in [-0.1, -0.05) is 18.7 Å². The second-order valence-corrected chi connectivity index (χ2v) is 7.52. The van der Waals surface area contributed by atoms with Crippen LogP contribution >= 0.6 is 0 Å². The number of methoxy groups -OCH3 is 1. The second-order valence-electron chi connectivity index (χ2n) is 7.52. The zero-order valence-corrected chi connectivity index (χ0v) is 19.6. The van der Waals surface area contributed by atoms with Crippen molar-refractivity contribution in [1.29, 1.82) is 0 Å². The van der Waals surface area contributed by atoms with Crippen molar-refractivity contribution < 1.29 is 33.3 Å². The average Bonchev–Trinajstić information content (AvgIpc) is 2.85. The normalized spacial score (nSPS) is 10.5. The second kappa shape index (κ2) is 14.3. The maximum absolute atomic E-state index is 12.4. The summed E-state index contributed by atoms with van der Waals surface area (Å²) in [6, 6.07) is 13.5. The smallest absolute Gasteiger partial charge is 0.343 e. The molecule has 0 saturated carbocycles. The van der Waals surface area contributed by atoms with Crippen LogP contribution < -0.4 is 9.47 Å². The zero-order valence-electron chi connectivity index (χ0n) is 19.6. The van der Waals surface area contributed by atoms with Crippen molar-refractivity contribution in [2.45, 2.75) is 32.6 Å². The third-order valence-corrected chi connectivity index (χ3v) is 4.68. The van der Waals surface area contributed by atoms with E-state index in [9.17, 15) is 14.4 Å². The maximum Gasteiger partial charge on any atom is 0.343 e. The number of hydrogen-bond donors (Lipinski definition) is 0. The predicted molar refractivity (Wildman–Crippen MR) is 129 cm³/mol. The van der Waals surface area contributed by atoms with Gasteiger partial charge in [-0.15, -0.1) is 0 Å². The van der Waals surface area contributed by atoms with Gasteiger partial charge in [0.2, 0.25) is 0 Å². The predicted octanol–water partition coefficient (Wildman–Crippen LogP) is 5.15. The lowest BCUT2D eigenvalue weighted by atomic mass is 10.2. The molecule has 0 fully saturated rings. The van der Waals surface area contributed by atoms with E-state index in [1.54, 1.807) is 61.5 Å². The molecular formula is C27H30O7. The molecule has 0 aliphatic rings. The molecule has 0 aliphatic heterocycles. The molecule has 2 aromatic carbocycles. The van der Waals surface area contributed by atoms with E-state index in [0.29, 0.717) is 35.8 Å². The third-order valence-electron chi connectivity index (χ3n) is 4.68. The van der Waals surface area contributed by atoms with Crippen LogP contribution in [0.15, 0.2) is 66.8 Å². The summed E-state index contributed by atoms with van der Waals surface area (Å²) >= 11 is 0. The number of carbonyl (C=O) groups is 3. The van der Waals surface area contributed by atoms with Gasteiger partial charge in [-0.2, -0.15) is 0 Å². The van der Waals surface area contributed by atoms with Gasteiger partial charge < -0.3 is 18.9 Å². The Hall–Kier alpha value is -3.87. The minimum Gasteiger partial charge on any atom is -0.494 e. The van der Waals surface area contributed by atoms with E-state index in [1.807, 2.05) is 0 Å². The summed E-state index contributed by atoms with van der Waals surface area (Å²) in [5.41, 5.74) is 1.59. The summed E-state index contributed by atoms with van der Waals surface area (Å²) in [5, 5.41) is 0. The van der Waals surface area contributed by atoms with E-state index in [4.69, 9.17) is 14.2 Å². The van der Waals surface area contributed by atoms with Gasteiger partial charge in [-0.25, -0.2) is 14.4 Å². The topological polar surface area (TPSA) is 88.1 Å². The van der Waals surface area contributed by atoms with Crippen LogP contribution in [0.1, 0.15) is 48.5 Å². The number of carbonyl (C=O) groups excluding carboxylic acids is 3. The first-order valence-electron chi connectivity index (χ1n) is 11.0. The van der Waals surface area contributed by atoms with Crippen molar-refractivity contribution in [3.05, 3.63) is 77.9 Å². The van der Waals surface area contributed by atoms with Crippen molar-refractivity contribution >= 4 is 24.0 Å². The van der Waals surface area contributed by atoms with Gasteiger partial charge >= 0.3 is 17.9 Å². The molecule has 0 atom stereocenters. The summed E-state index contributed by atoms with van der Waals surface area (Å²) in [5.74, 6) is -0.194. The van der Waals surface area contributed by atoms with Crippen molar-refractivity contribution in [2.75, 3.05) is 20.3 Å². The summed E-state index contributed by atoms with van der Waals surface area (Å²) < 4.78 is 20.7. The Labute approximate surface area is 200 Å². The maximum atomic E-state index is 12.4. The van der Waals surface area contributed by atoms with Crippen LogP contribution in [0.2, 0.25) is 0 Å². The van der Waals surface area contributed by atoms with Crippen molar-refractivity contribution in [3.8, 4) is 11.5 Å². The molecule has 0 saturated heterocycles. The largest absolute Gasteiger partial charge is 0.494 e. The molecule has 34 heavy (non-hydrogen) atoms. The molecule has 0 unspecified atom stereocenters. The van der Waals surface area contributed by atoms with Gasteiger partial charge in [0.15, 0.2) is 0 Å². The van der Waals surface area contributed by atoms with Gasteiger partial charge in [-0.3, -0.25) is 0 Å². The van der Waals surface area contributed by atoms with Crippen LogP contribution in [-0.2, 0) is 19.1 Å². The molecule has 0 radical (unpaired) electrons. The summed E-state index contributed by atoms with van der Waals surface area (Å²) in [4.78, 5) is 34.8. The molecule has 0 spiro atoms. The molecule has 7 nitrogen and oxygen atoms in total. The number of hydrogen-bond acceptors (Lipinski definition) is 7. The van der Waals surface area contributed by atoms with Crippen LogP contribution in [0.25, 0.3) is 6.08 Å². The number of benzene rings is 2. The first kappa shape index (κ1) is 26.4. The Balaban J connectivity index is 1.68. The average molecular weight is 467 g/mol. The van der Waals surface area contributed by atoms with E-state index < -0.39 is 11.9 Å². The molecular weight excluding hydrogens is 436 g/mol. The molecule has 0 heterocycles. The van der Waals surface area contributed by atoms with E-state index in [1.165, 1.54) is 13.2 Å². The minimum absolute atomic E-state index is 0.349.